The van der Waals surface area contributed by atoms with Crippen LogP contribution in [0.2, 0.25) is 0 Å². The Morgan fingerprint density at radius 2 is 2.00 bits per heavy atom. The minimum atomic E-state index is -3.73. The Labute approximate surface area is 114 Å². The standard InChI is InChI=1S/C11H10ClNO5S/c12-19(15,16)8-4-11(14)13(5-8)7-1-2-9-10(3-7)18-6-17-9/h1-3,8H,4-6H2. The van der Waals surface area contributed by atoms with Crippen LogP contribution < -0.4 is 14.4 Å². The zero-order valence-corrected chi connectivity index (χ0v) is 11.3. The molecule has 6 nitrogen and oxygen atoms in total. The minimum absolute atomic E-state index is 0.0598. The Balaban J connectivity index is 1.89. The van der Waals surface area contributed by atoms with Crippen molar-refractivity contribution in [3.63, 3.8) is 0 Å². The largest absolute Gasteiger partial charge is 0.454 e. The molecule has 1 amide bonds. The average molecular weight is 304 g/mol. The van der Waals surface area contributed by atoms with Gasteiger partial charge in [-0.05, 0) is 12.1 Å². The smallest absolute Gasteiger partial charge is 0.237 e. The summed E-state index contributed by atoms with van der Waals surface area (Å²) in [5, 5.41) is -0.868. The van der Waals surface area contributed by atoms with Gasteiger partial charge in [-0.25, -0.2) is 8.42 Å². The van der Waals surface area contributed by atoms with E-state index in [-0.39, 0.29) is 25.7 Å². The molecule has 0 radical (unpaired) electrons. The summed E-state index contributed by atoms with van der Waals surface area (Å²) in [6, 6.07) is 5.03. The molecule has 8 heteroatoms. The highest BCUT2D eigenvalue weighted by molar-refractivity contribution is 8.14. The SMILES string of the molecule is O=C1CC(S(=O)(=O)Cl)CN1c1ccc2c(c1)OCO2. The number of ether oxygens (including phenoxy) is 2. The molecular formula is C11H10ClNO5S. The molecule has 1 aromatic carbocycles. The summed E-state index contributed by atoms with van der Waals surface area (Å²) in [6.07, 6.45) is -0.0969. The summed E-state index contributed by atoms with van der Waals surface area (Å²) < 4.78 is 33.0. The molecule has 0 bridgehead atoms. The van der Waals surface area contributed by atoms with Gasteiger partial charge in [-0.3, -0.25) is 4.79 Å². The van der Waals surface area contributed by atoms with Crippen molar-refractivity contribution in [2.24, 2.45) is 0 Å². The van der Waals surface area contributed by atoms with Crippen molar-refractivity contribution in [1.82, 2.24) is 0 Å². The third kappa shape index (κ3) is 2.23. The maximum absolute atomic E-state index is 11.9. The highest BCUT2D eigenvalue weighted by Crippen LogP contribution is 2.37. The number of hydrogen-bond acceptors (Lipinski definition) is 5. The van der Waals surface area contributed by atoms with Crippen molar-refractivity contribution < 1.29 is 22.7 Å². The molecule has 1 fully saturated rings. The number of carbonyl (C=O) groups excluding carboxylic acids is 1. The van der Waals surface area contributed by atoms with Crippen LogP contribution in [0.15, 0.2) is 18.2 Å². The van der Waals surface area contributed by atoms with Crippen LogP contribution in [0.25, 0.3) is 0 Å². The third-order valence-corrected chi connectivity index (χ3v) is 5.02. The van der Waals surface area contributed by atoms with Crippen LogP contribution >= 0.6 is 10.7 Å². The van der Waals surface area contributed by atoms with Gasteiger partial charge in [0, 0.05) is 35.4 Å². The number of fused-ring (bicyclic) bond motifs is 1. The normalized spacial score (nSPS) is 22.1. The van der Waals surface area contributed by atoms with Crippen molar-refractivity contribution in [2.75, 3.05) is 18.2 Å². The van der Waals surface area contributed by atoms with Crippen molar-refractivity contribution >= 4 is 31.3 Å². The van der Waals surface area contributed by atoms with E-state index in [1.54, 1.807) is 18.2 Å². The lowest BCUT2D eigenvalue weighted by Gasteiger charge is -2.16. The second-order valence-electron chi connectivity index (χ2n) is 4.34. The van der Waals surface area contributed by atoms with Crippen LogP contribution in [-0.2, 0) is 13.8 Å². The Bertz CT molecular complexity index is 644. The van der Waals surface area contributed by atoms with E-state index < -0.39 is 14.3 Å². The zero-order valence-electron chi connectivity index (χ0n) is 9.71. The van der Waals surface area contributed by atoms with E-state index in [2.05, 4.69) is 0 Å². The molecule has 0 saturated carbocycles. The first-order valence-corrected chi connectivity index (χ1v) is 7.96. The van der Waals surface area contributed by atoms with Gasteiger partial charge >= 0.3 is 0 Å². The van der Waals surface area contributed by atoms with Gasteiger partial charge < -0.3 is 14.4 Å². The molecule has 102 valence electrons. The fraction of sp³-hybridized carbons (Fsp3) is 0.364. The highest BCUT2D eigenvalue weighted by atomic mass is 35.7. The molecule has 0 aromatic heterocycles. The number of carbonyl (C=O) groups is 1. The number of rotatable bonds is 2. The molecular weight excluding hydrogens is 294 g/mol. The lowest BCUT2D eigenvalue weighted by Crippen LogP contribution is -2.26. The van der Waals surface area contributed by atoms with Crippen LogP contribution in [0.1, 0.15) is 6.42 Å². The average Bonchev–Trinajstić information content (AvgIpc) is 2.92. The molecule has 0 N–H and O–H groups in total. The van der Waals surface area contributed by atoms with Crippen LogP contribution in [0, 0.1) is 0 Å². The van der Waals surface area contributed by atoms with Crippen molar-refractivity contribution in [1.29, 1.82) is 0 Å². The Hall–Kier alpha value is -1.47. The topological polar surface area (TPSA) is 72.9 Å². The van der Waals surface area contributed by atoms with Crippen LogP contribution in [0.5, 0.6) is 11.5 Å². The van der Waals surface area contributed by atoms with Crippen LogP contribution in [0.3, 0.4) is 0 Å². The molecule has 0 aliphatic carbocycles. The molecule has 3 rings (SSSR count). The van der Waals surface area contributed by atoms with E-state index in [0.717, 1.165) is 0 Å². The lowest BCUT2D eigenvalue weighted by atomic mass is 10.2. The molecule has 19 heavy (non-hydrogen) atoms. The van der Waals surface area contributed by atoms with E-state index in [9.17, 15) is 13.2 Å². The van der Waals surface area contributed by atoms with Gasteiger partial charge in [0.05, 0.1) is 0 Å². The van der Waals surface area contributed by atoms with Gasteiger partial charge in [-0.2, -0.15) is 0 Å². The molecule has 0 spiro atoms. The first-order valence-electron chi connectivity index (χ1n) is 5.58. The molecule has 1 unspecified atom stereocenters. The number of benzene rings is 1. The Morgan fingerprint density at radius 1 is 1.26 bits per heavy atom. The number of halogens is 1. The monoisotopic (exact) mass is 303 g/mol. The number of nitrogens with zero attached hydrogens (tertiary/aromatic N) is 1. The van der Waals surface area contributed by atoms with E-state index in [4.69, 9.17) is 20.2 Å². The molecule has 1 saturated heterocycles. The Kier molecular flexibility index (Phi) is 2.83. The molecule has 2 aliphatic rings. The van der Waals surface area contributed by atoms with E-state index in [1.807, 2.05) is 0 Å². The predicted octanol–water partition coefficient (Wildman–Crippen LogP) is 1.09. The Morgan fingerprint density at radius 3 is 2.68 bits per heavy atom. The zero-order chi connectivity index (χ0) is 13.6. The van der Waals surface area contributed by atoms with Gasteiger partial charge in [0.2, 0.25) is 21.8 Å². The van der Waals surface area contributed by atoms with E-state index in [0.29, 0.717) is 17.2 Å². The van der Waals surface area contributed by atoms with E-state index in [1.165, 1.54) is 4.90 Å². The summed E-state index contributed by atoms with van der Waals surface area (Å²) in [7, 11) is 1.57. The summed E-state index contributed by atoms with van der Waals surface area (Å²) in [5.41, 5.74) is 0.581. The van der Waals surface area contributed by atoms with Gasteiger partial charge in [0.25, 0.3) is 0 Å². The maximum Gasteiger partial charge on any atom is 0.237 e. The first kappa shape index (κ1) is 12.6. The highest BCUT2D eigenvalue weighted by Gasteiger charge is 2.38. The predicted molar refractivity (Wildman–Crippen MR) is 68.1 cm³/mol. The quantitative estimate of drug-likeness (QED) is 0.765. The summed E-state index contributed by atoms with van der Waals surface area (Å²) in [6.45, 7) is 0.204. The van der Waals surface area contributed by atoms with Gasteiger partial charge in [0.15, 0.2) is 11.5 Å². The van der Waals surface area contributed by atoms with Crippen molar-refractivity contribution in [3.8, 4) is 11.5 Å². The molecule has 1 aromatic rings. The third-order valence-electron chi connectivity index (χ3n) is 3.16. The molecule has 1 atom stereocenters. The second kappa shape index (κ2) is 4.28. The maximum atomic E-state index is 11.9. The lowest BCUT2D eigenvalue weighted by molar-refractivity contribution is -0.117. The van der Waals surface area contributed by atoms with E-state index >= 15 is 0 Å². The van der Waals surface area contributed by atoms with Crippen LogP contribution in [-0.4, -0.2) is 32.9 Å². The summed E-state index contributed by atoms with van der Waals surface area (Å²) in [4.78, 5) is 13.3. The number of anilines is 1. The molecule has 2 heterocycles. The van der Waals surface area contributed by atoms with Crippen molar-refractivity contribution in [2.45, 2.75) is 11.7 Å². The second-order valence-corrected chi connectivity index (χ2v) is 7.25. The van der Waals surface area contributed by atoms with Crippen molar-refractivity contribution in [3.05, 3.63) is 18.2 Å². The fourth-order valence-corrected chi connectivity index (χ4v) is 3.19. The summed E-state index contributed by atoms with van der Waals surface area (Å²) >= 11 is 0. The fourth-order valence-electron chi connectivity index (χ4n) is 2.17. The van der Waals surface area contributed by atoms with Gasteiger partial charge in [0.1, 0.15) is 5.25 Å². The van der Waals surface area contributed by atoms with Crippen LogP contribution in [0.4, 0.5) is 5.69 Å². The van der Waals surface area contributed by atoms with Gasteiger partial charge in [-0.1, -0.05) is 0 Å². The summed E-state index contributed by atoms with van der Waals surface area (Å²) in [5.74, 6) is 0.882. The number of amides is 1. The molecule has 2 aliphatic heterocycles. The minimum Gasteiger partial charge on any atom is -0.454 e. The number of hydrogen-bond donors (Lipinski definition) is 0. The first-order chi connectivity index (χ1) is 8.95. The van der Waals surface area contributed by atoms with Gasteiger partial charge in [-0.15, -0.1) is 0 Å².